The van der Waals surface area contributed by atoms with Gasteiger partial charge in [0.15, 0.2) is 17.3 Å². The maximum Gasteiger partial charge on any atom is 0.193 e. The lowest BCUT2D eigenvalue weighted by Gasteiger charge is -2.09. The summed E-state index contributed by atoms with van der Waals surface area (Å²) in [6, 6.07) is 11.9. The molecule has 0 heterocycles. The van der Waals surface area contributed by atoms with Gasteiger partial charge >= 0.3 is 0 Å². The summed E-state index contributed by atoms with van der Waals surface area (Å²) in [4.78, 5) is 12.4. The second kappa shape index (κ2) is 6.21. The molecule has 0 atom stereocenters. The number of rotatable bonds is 5. The predicted octanol–water partition coefficient (Wildman–Crippen LogP) is 2.43. The summed E-state index contributed by atoms with van der Waals surface area (Å²) < 4.78 is 10.3. The fraction of sp³-hybridized carbons (Fsp3) is 0.188. The van der Waals surface area contributed by atoms with Crippen LogP contribution in [0.2, 0.25) is 0 Å². The zero-order valence-corrected chi connectivity index (χ0v) is 11.4. The molecule has 0 saturated carbocycles. The van der Waals surface area contributed by atoms with Crippen LogP contribution in [0.1, 0.15) is 21.5 Å². The Balaban J connectivity index is 2.32. The fourth-order valence-corrected chi connectivity index (χ4v) is 1.91. The van der Waals surface area contributed by atoms with E-state index in [9.17, 15) is 4.79 Å². The summed E-state index contributed by atoms with van der Waals surface area (Å²) in [6.07, 6.45) is 0. The van der Waals surface area contributed by atoms with E-state index in [1.807, 2.05) is 0 Å². The number of carbonyl (C=O) groups excluding carboxylic acids is 1. The monoisotopic (exact) mass is 272 g/mol. The van der Waals surface area contributed by atoms with Gasteiger partial charge in [0.25, 0.3) is 0 Å². The molecule has 2 aromatic carbocycles. The van der Waals surface area contributed by atoms with Gasteiger partial charge in [-0.15, -0.1) is 0 Å². The van der Waals surface area contributed by atoms with Gasteiger partial charge in [-0.2, -0.15) is 0 Å². The van der Waals surface area contributed by atoms with Crippen LogP contribution in [-0.2, 0) is 6.61 Å². The lowest BCUT2D eigenvalue weighted by atomic mass is 10.0. The second-order valence-electron chi connectivity index (χ2n) is 4.25. The number of carbonyl (C=O) groups is 1. The molecule has 0 unspecified atom stereocenters. The lowest BCUT2D eigenvalue weighted by molar-refractivity contribution is 0.103. The summed E-state index contributed by atoms with van der Waals surface area (Å²) in [6.45, 7) is -0.0369. The van der Waals surface area contributed by atoms with Crippen molar-refractivity contribution in [3.8, 4) is 11.5 Å². The predicted molar refractivity (Wildman–Crippen MR) is 75.3 cm³/mol. The first-order valence-corrected chi connectivity index (χ1v) is 6.16. The van der Waals surface area contributed by atoms with Gasteiger partial charge in [-0.05, 0) is 23.8 Å². The van der Waals surface area contributed by atoms with E-state index in [-0.39, 0.29) is 12.4 Å². The van der Waals surface area contributed by atoms with Gasteiger partial charge in [0.05, 0.1) is 20.8 Å². The molecule has 0 fully saturated rings. The van der Waals surface area contributed by atoms with Gasteiger partial charge in [0.1, 0.15) is 0 Å². The Morgan fingerprint density at radius 3 is 2.10 bits per heavy atom. The topological polar surface area (TPSA) is 55.8 Å². The maximum atomic E-state index is 12.4. The molecule has 0 bridgehead atoms. The molecule has 104 valence electrons. The largest absolute Gasteiger partial charge is 0.493 e. The zero-order valence-electron chi connectivity index (χ0n) is 11.4. The summed E-state index contributed by atoms with van der Waals surface area (Å²) in [5.74, 6) is 1.00. The molecular formula is C16H16O4. The van der Waals surface area contributed by atoms with E-state index in [0.717, 1.165) is 5.56 Å². The van der Waals surface area contributed by atoms with Crippen molar-refractivity contribution in [3.63, 3.8) is 0 Å². The molecule has 0 radical (unpaired) electrons. The molecule has 0 spiro atoms. The first kappa shape index (κ1) is 14.1. The number of aliphatic hydroxyl groups excluding tert-OH is 1. The van der Waals surface area contributed by atoms with E-state index in [1.165, 1.54) is 7.11 Å². The standard InChI is InChI=1S/C16H16O4/c1-19-14-8-7-13(9-15(14)20-2)16(18)12-5-3-11(10-17)4-6-12/h3-9,17H,10H2,1-2H3. The molecule has 0 aliphatic rings. The average molecular weight is 272 g/mol. The van der Waals surface area contributed by atoms with Crippen LogP contribution in [0.3, 0.4) is 0 Å². The minimum Gasteiger partial charge on any atom is -0.493 e. The third kappa shape index (κ3) is 2.81. The Labute approximate surface area is 117 Å². The number of hydrogen-bond donors (Lipinski definition) is 1. The van der Waals surface area contributed by atoms with Crippen molar-refractivity contribution in [1.82, 2.24) is 0 Å². The van der Waals surface area contributed by atoms with E-state index < -0.39 is 0 Å². The number of hydrogen-bond acceptors (Lipinski definition) is 4. The quantitative estimate of drug-likeness (QED) is 0.849. The highest BCUT2D eigenvalue weighted by Crippen LogP contribution is 2.28. The number of ketones is 1. The summed E-state index contributed by atoms with van der Waals surface area (Å²) >= 11 is 0. The molecular weight excluding hydrogens is 256 g/mol. The highest BCUT2D eigenvalue weighted by Gasteiger charge is 2.12. The fourth-order valence-electron chi connectivity index (χ4n) is 1.91. The highest BCUT2D eigenvalue weighted by atomic mass is 16.5. The molecule has 4 heteroatoms. The van der Waals surface area contributed by atoms with Crippen molar-refractivity contribution < 1.29 is 19.4 Å². The van der Waals surface area contributed by atoms with E-state index in [2.05, 4.69) is 0 Å². The Kier molecular flexibility index (Phi) is 4.38. The Hall–Kier alpha value is -2.33. The van der Waals surface area contributed by atoms with Crippen molar-refractivity contribution in [2.45, 2.75) is 6.61 Å². The van der Waals surface area contributed by atoms with Crippen LogP contribution in [0, 0.1) is 0 Å². The van der Waals surface area contributed by atoms with Crippen molar-refractivity contribution in [1.29, 1.82) is 0 Å². The molecule has 0 amide bonds. The molecule has 0 saturated heterocycles. The lowest BCUT2D eigenvalue weighted by Crippen LogP contribution is -2.02. The van der Waals surface area contributed by atoms with Crippen LogP contribution in [0.25, 0.3) is 0 Å². The van der Waals surface area contributed by atoms with Crippen LogP contribution in [0.15, 0.2) is 42.5 Å². The van der Waals surface area contributed by atoms with Gasteiger partial charge in [-0.3, -0.25) is 4.79 Å². The van der Waals surface area contributed by atoms with Crippen molar-refractivity contribution in [2.24, 2.45) is 0 Å². The average Bonchev–Trinajstić information content (AvgIpc) is 2.53. The number of benzene rings is 2. The third-order valence-electron chi connectivity index (χ3n) is 3.04. The van der Waals surface area contributed by atoms with Gasteiger partial charge < -0.3 is 14.6 Å². The second-order valence-corrected chi connectivity index (χ2v) is 4.25. The van der Waals surface area contributed by atoms with Gasteiger partial charge in [0, 0.05) is 11.1 Å². The van der Waals surface area contributed by atoms with Crippen LogP contribution < -0.4 is 9.47 Å². The minimum atomic E-state index is -0.101. The highest BCUT2D eigenvalue weighted by molar-refractivity contribution is 6.09. The first-order chi connectivity index (χ1) is 9.69. The number of methoxy groups -OCH3 is 2. The summed E-state index contributed by atoms with van der Waals surface area (Å²) in [5.41, 5.74) is 1.86. The molecule has 0 aromatic heterocycles. The molecule has 2 rings (SSSR count). The summed E-state index contributed by atoms with van der Waals surface area (Å²) in [7, 11) is 3.08. The Morgan fingerprint density at radius 1 is 0.950 bits per heavy atom. The van der Waals surface area contributed by atoms with Crippen LogP contribution in [0.4, 0.5) is 0 Å². The van der Waals surface area contributed by atoms with E-state index in [4.69, 9.17) is 14.6 Å². The van der Waals surface area contributed by atoms with Crippen molar-refractivity contribution in [2.75, 3.05) is 14.2 Å². The zero-order chi connectivity index (χ0) is 14.5. The summed E-state index contributed by atoms with van der Waals surface area (Å²) in [5, 5.41) is 8.99. The van der Waals surface area contributed by atoms with Gasteiger partial charge in [-0.25, -0.2) is 0 Å². The van der Waals surface area contributed by atoms with E-state index in [1.54, 1.807) is 49.6 Å². The normalized spacial score (nSPS) is 10.2. The van der Waals surface area contributed by atoms with Crippen LogP contribution in [0.5, 0.6) is 11.5 Å². The minimum absolute atomic E-state index is 0.0369. The molecule has 2 aromatic rings. The number of ether oxygens (including phenoxy) is 2. The maximum absolute atomic E-state index is 12.4. The number of aliphatic hydroxyl groups is 1. The van der Waals surface area contributed by atoms with E-state index in [0.29, 0.717) is 22.6 Å². The molecule has 1 N–H and O–H groups in total. The molecule has 4 nitrogen and oxygen atoms in total. The van der Waals surface area contributed by atoms with Gasteiger partial charge in [-0.1, -0.05) is 24.3 Å². The van der Waals surface area contributed by atoms with Crippen molar-refractivity contribution >= 4 is 5.78 Å². The van der Waals surface area contributed by atoms with Crippen molar-refractivity contribution in [3.05, 3.63) is 59.2 Å². The smallest absolute Gasteiger partial charge is 0.193 e. The first-order valence-electron chi connectivity index (χ1n) is 6.16. The van der Waals surface area contributed by atoms with Gasteiger partial charge in [0.2, 0.25) is 0 Å². The van der Waals surface area contributed by atoms with Crippen LogP contribution >= 0.6 is 0 Å². The SMILES string of the molecule is COc1ccc(C(=O)c2ccc(CO)cc2)cc1OC. The molecule has 0 aliphatic heterocycles. The van der Waals surface area contributed by atoms with Crippen LogP contribution in [-0.4, -0.2) is 25.1 Å². The Bertz CT molecular complexity index is 602. The molecule has 20 heavy (non-hydrogen) atoms. The molecule has 0 aliphatic carbocycles. The Morgan fingerprint density at radius 2 is 1.55 bits per heavy atom. The van der Waals surface area contributed by atoms with E-state index >= 15 is 0 Å². The third-order valence-corrected chi connectivity index (χ3v) is 3.04.